The van der Waals surface area contributed by atoms with E-state index in [2.05, 4.69) is 21.1 Å². The van der Waals surface area contributed by atoms with E-state index in [4.69, 9.17) is 4.74 Å². The predicted molar refractivity (Wildman–Crippen MR) is 92.6 cm³/mol. The number of hydrogen-bond acceptors (Lipinski definition) is 5. The van der Waals surface area contributed by atoms with Gasteiger partial charge in [0.25, 0.3) is 0 Å². The van der Waals surface area contributed by atoms with Gasteiger partial charge in [-0.05, 0) is 31.6 Å². The van der Waals surface area contributed by atoms with E-state index in [9.17, 15) is 9.59 Å². The van der Waals surface area contributed by atoms with Crippen molar-refractivity contribution in [3.63, 3.8) is 0 Å². The van der Waals surface area contributed by atoms with E-state index < -0.39 is 0 Å². The summed E-state index contributed by atoms with van der Waals surface area (Å²) in [4.78, 5) is 23.2. The van der Waals surface area contributed by atoms with Crippen LogP contribution in [0, 0.1) is 5.92 Å². The Kier molecular flexibility index (Phi) is 6.24. The van der Waals surface area contributed by atoms with Gasteiger partial charge >= 0.3 is 0 Å². The molecule has 0 fully saturated rings. The highest BCUT2D eigenvalue weighted by Crippen LogP contribution is 2.18. The molecule has 1 heterocycles. The van der Waals surface area contributed by atoms with E-state index in [0.717, 1.165) is 11.3 Å². The fourth-order valence-electron chi connectivity index (χ4n) is 2.26. The molecule has 0 aliphatic carbocycles. The molecule has 0 aromatic heterocycles. The van der Waals surface area contributed by atoms with Crippen LogP contribution in [-0.4, -0.2) is 30.9 Å². The van der Waals surface area contributed by atoms with Gasteiger partial charge in [0.1, 0.15) is 5.75 Å². The first-order valence-corrected chi connectivity index (χ1v) is 7.57. The molecule has 24 heavy (non-hydrogen) atoms. The molecule has 1 aliphatic rings. The van der Waals surface area contributed by atoms with Crippen molar-refractivity contribution in [1.29, 1.82) is 0 Å². The minimum atomic E-state index is -0.329. The van der Waals surface area contributed by atoms with Crippen molar-refractivity contribution in [2.75, 3.05) is 7.11 Å². The van der Waals surface area contributed by atoms with Crippen molar-refractivity contribution in [3.05, 3.63) is 35.9 Å². The van der Waals surface area contributed by atoms with Crippen LogP contribution >= 0.6 is 0 Å². The number of nitrogens with zero attached hydrogens (tertiary/aromatic N) is 2. The molecular weight excluding hydrogens is 308 g/mol. The number of carbonyl (C=O) groups is 2. The Balaban J connectivity index is 1.75. The molecule has 2 rings (SSSR count). The average Bonchev–Trinajstić information content (AvgIpc) is 2.91. The standard InChI is InChI=1S/C17H20N4O3/c1-12-14(17(23)21-19-12)9-10-16(22)20-18-11-5-7-13-6-3-4-8-15(13)24-2/h3-8,11,14H,9-10H2,1-2H3,(H,20,22)(H,21,23)/b7-5+,18-11-/t14-/m0/s1. The van der Waals surface area contributed by atoms with Crippen LogP contribution in [-0.2, 0) is 9.59 Å². The lowest BCUT2D eigenvalue weighted by molar-refractivity contribution is -0.123. The van der Waals surface area contributed by atoms with Crippen molar-refractivity contribution in [1.82, 2.24) is 10.9 Å². The lowest BCUT2D eigenvalue weighted by atomic mass is 9.99. The van der Waals surface area contributed by atoms with E-state index in [-0.39, 0.29) is 24.2 Å². The number of rotatable bonds is 7. The van der Waals surface area contributed by atoms with E-state index in [1.165, 1.54) is 6.21 Å². The van der Waals surface area contributed by atoms with Gasteiger partial charge in [-0.2, -0.15) is 10.2 Å². The van der Waals surface area contributed by atoms with E-state index in [0.29, 0.717) is 12.1 Å². The van der Waals surface area contributed by atoms with Crippen molar-refractivity contribution in [3.8, 4) is 5.75 Å². The molecule has 0 unspecified atom stereocenters. The highest BCUT2D eigenvalue weighted by atomic mass is 16.5. The maximum Gasteiger partial charge on any atom is 0.248 e. The van der Waals surface area contributed by atoms with Gasteiger partial charge in [-0.25, -0.2) is 10.9 Å². The van der Waals surface area contributed by atoms with Crippen LogP contribution in [0.4, 0.5) is 0 Å². The number of allylic oxidation sites excluding steroid dienone is 1. The quantitative estimate of drug-likeness (QED) is 0.589. The number of ether oxygens (including phenoxy) is 1. The zero-order chi connectivity index (χ0) is 17.4. The van der Waals surface area contributed by atoms with E-state index in [1.807, 2.05) is 30.3 Å². The highest BCUT2D eigenvalue weighted by Gasteiger charge is 2.26. The Hall–Kier alpha value is -2.96. The molecule has 1 atom stereocenters. The van der Waals surface area contributed by atoms with Gasteiger partial charge in [0, 0.05) is 23.9 Å². The summed E-state index contributed by atoms with van der Waals surface area (Å²) in [6.45, 7) is 1.77. The van der Waals surface area contributed by atoms with Gasteiger partial charge in [0.05, 0.1) is 13.0 Å². The first kappa shape index (κ1) is 17.4. The molecule has 126 valence electrons. The van der Waals surface area contributed by atoms with Gasteiger partial charge in [-0.1, -0.05) is 18.2 Å². The third kappa shape index (κ3) is 4.77. The normalized spacial score (nSPS) is 17.2. The highest BCUT2D eigenvalue weighted by molar-refractivity contribution is 6.07. The summed E-state index contributed by atoms with van der Waals surface area (Å²) in [5, 5.41) is 7.68. The van der Waals surface area contributed by atoms with Gasteiger partial charge in [0.2, 0.25) is 11.8 Å². The first-order chi connectivity index (χ1) is 11.6. The molecule has 1 aliphatic heterocycles. The number of nitrogens with one attached hydrogen (secondary N) is 2. The monoisotopic (exact) mass is 328 g/mol. The third-order valence-corrected chi connectivity index (χ3v) is 3.59. The minimum absolute atomic E-state index is 0.163. The molecule has 1 aromatic carbocycles. The summed E-state index contributed by atoms with van der Waals surface area (Å²) >= 11 is 0. The number of para-hydroxylation sites is 1. The number of carbonyl (C=O) groups excluding carboxylic acids is 2. The van der Waals surface area contributed by atoms with Crippen LogP contribution in [0.2, 0.25) is 0 Å². The maximum absolute atomic E-state index is 11.7. The summed E-state index contributed by atoms with van der Waals surface area (Å²) < 4.78 is 5.23. The first-order valence-electron chi connectivity index (χ1n) is 7.57. The second kappa shape index (κ2) is 8.61. The number of hydrogen-bond donors (Lipinski definition) is 2. The Labute approximate surface area is 140 Å². The molecule has 0 radical (unpaired) electrons. The third-order valence-electron chi connectivity index (χ3n) is 3.59. The molecule has 2 N–H and O–H groups in total. The molecule has 7 nitrogen and oxygen atoms in total. The van der Waals surface area contributed by atoms with Gasteiger partial charge in [-0.3, -0.25) is 9.59 Å². The van der Waals surface area contributed by atoms with Crippen LogP contribution in [0.25, 0.3) is 6.08 Å². The van der Waals surface area contributed by atoms with Crippen molar-refractivity contribution in [2.24, 2.45) is 16.1 Å². The smallest absolute Gasteiger partial charge is 0.248 e. The van der Waals surface area contributed by atoms with Crippen LogP contribution in [0.1, 0.15) is 25.3 Å². The fraction of sp³-hybridized carbons (Fsp3) is 0.294. The summed E-state index contributed by atoms with van der Waals surface area (Å²) in [6.07, 6.45) is 5.65. The molecule has 1 aromatic rings. The molecule has 0 bridgehead atoms. The second-order valence-electron chi connectivity index (χ2n) is 5.23. The van der Waals surface area contributed by atoms with E-state index >= 15 is 0 Å². The van der Waals surface area contributed by atoms with Crippen molar-refractivity contribution < 1.29 is 14.3 Å². The number of hydrazone groups is 2. The molecule has 7 heteroatoms. The van der Waals surface area contributed by atoms with Crippen LogP contribution in [0.5, 0.6) is 5.75 Å². The average molecular weight is 328 g/mol. The fourth-order valence-corrected chi connectivity index (χ4v) is 2.26. The molecule has 0 spiro atoms. The van der Waals surface area contributed by atoms with Crippen molar-refractivity contribution >= 4 is 29.8 Å². The Bertz CT molecular complexity index is 695. The predicted octanol–water partition coefficient (Wildman–Crippen LogP) is 1.71. The summed E-state index contributed by atoms with van der Waals surface area (Å²) in [5.74, 6) is 0.0243. The summed E-state index contributed by atoms with van der Waals surface area (Å²) in [6, 6.07) is 7.58. The number of amides is 2. The Morgan fingerprint density at radius 2 is 2.25 bits per heavy atom. The Morgan fingerprint density at radius 1 is 1.46 bits per heavy atom. The summed E-state index contributed by atoms with van der Waals surface area (Å²) in [5.41, 5.74) is 6.44. The number of methoxy groups -OCH3 is 1. The lowest BCUT2D eigenvalue weighted by Gasteiger charge is -2.06. The summed E-state index contributed by atoms with van der Waals surface area (Å²) in [7, 11) is 1.61. The second-order valence-corrected chi connectivity index (χ2v) is 5.23. The van der Waals surface area contributed by atoms with Gasteiger partial charge in [-0.15, -0.1) is 0 Å². The van der Waals surface area contributed by atoms with Crippen LogP contribution in [0.3, 0.4) is 0 Å². The maximum atomic E-state index is 11.7. The number of benzene rings is 1. The van der Waals surface area contributed by atoms with Crippen LogP contribution < -0.4 is 15.6 Å². The minimum Gasteiger partial charge on any atom is -0.496 e. The largest absolute Gasteiger partial charge is 0.496 e. The topological polar surface area (TPSA) is 92.1 Å². The zero-order valence-corrected chi connectivity index (χ0v) is 13.7. The van der Waals surface area contributed by atoms with Crippen molar-refractivity contribution in [2.45, 2.75) is 19.8 Å². The van der Waals surface area contributed by atoms with Crippen LogP contribution in [0.15, 0.2) is 40.5 Å². The molecular formula is C17H20N4O3. The Morgan fingerprint density at radius 3 is 2.96 bits per heavy atom. The lowest BCUT2D eigenvalue weighted by Crippen LogP contribution is -2.25. The van der Waals surface area contributed by atoms with E-state index in [1.54, 1.807) is 20.1 Å². The molecule has 0 saturated heterocycles. The molecule has 0 saturated carbocycles. The van der Waals surface area contributed by atoms with Gasteiger partial charge < -0.3 is 4.74 Å². The van der Waals surface area contributed by atoms with Gasteiger partial charge in [0.15, 0.2) is 0 Å². The molecule has 2 amide bonds. The SMILES string of the molecule is COc1ccccc1/C=C/C=N\NC(=O)CC[C@@H]1C(=O)NN=C1C. The zero-order valence-electron chi connectivity index (χ0n) is 13.7.